The van der Waals surface area contributed by atoms with Crippen LogP contribution in [0.2, 0.25) is 0 Å². The molecule has 9 nitrogen and oxygen atoms in total. The van der Waals surface area contributed by atoms with E-state index in [2.05, 4.69) is 15.1 Å². The molecule has 10 heteroatoms. The lowest BCUT2D eigenvalue weighted by Crippen LogP contribution is -2.51. The summed E-state index contributed by atoms with van der Waals surface area (Å²) in [4.78, 5) is 36.7. The van der Waals surface area contributed by atoms with E-state index in [1.54, 1.807) is 34.7 Å². The molecular weight excluding hydrogens is 370 g/mol. The monoisotopic (exact) mass is 393 g/mol. The average molecular weight is 393 g/mol. The molecule has 1 fully saturated rings. The highest BCUT2D eigenvalue weighted by molar-refractivity contribution is 7.07. The van der Waals surface area contributed by atoms with Gasteiger partial charge in [-0.15, -0.1) is 11.3 Å². The maximum absolute atomic E-state index is 12.6. The first kappa shape index (κ1) is 19.4. The highest BCUT2D eigenvalue weighted by Crippen LogP contribution is 2.19. The number of carbonyl (C=O) groups is 2. The molecule has 1 unspecified atom stereocenters. The van der Waals surface area contributed by atoms with Crippen LogP contribution in [0.3, 0.4) is 0 Å². The van der Waals surface area contributed by atoms with E-state index in [4.69, 9.17) is 9.26 Å². The minimum absolute atomic E-state index is 0.0239. The van der Waals surface area contributed by atoms with Crippen LogP contribution in [0.4, 0.5) is 0 Å². The largest absolute Gasteiger partial charge is 0.375 e. The smallest absolute Gasteiger partial charge is 0.273 e. The van der Waals surface area contributed by atoms with Crippen LogP contribution in [-0.4, -0.2) is 69.5 Å². The fraction of sp³-hybridized carbons (Fsp3) is 0.588. The molecule has 0 bridgehead atoms. The van der Waals surface area contributed by atoms with Crippen LogP contribution in [0, 0.1) is 0 Å². The van der Waals surface area contributed by atoms with Crippen molar-refractivity contribution in [2.45, 2.75) is 38.8 Å². The van der Waals surface area contributed by atoms with Crippen molar-refractivity contribution in [2.75, 3.05) is 26.7 Å². The van der Waals surface area contributed by atoms with Gasteiger partial charge in [0.05, 0.1) is 5.51 Å². The van der Waals surface area contributed by atoms with Crippen LogP contribution in [0.1, 0.15) is 42.0 Å². The van der Waals surface area contributed by atoms with Gasteiger partial charge in [0.15, 0.2) is 5.82 Å². The van der Waals surface area contributed by atoms with Gasteiger partial charge in [-0.25, -0.2) is 4.98 Å². The third kappa shape index (κ3) is 4.89. The Morgan fingerprint density at radius 1 is 1.48 bits per heavy atom. The molecular formula is C17H23N5O4S. The quantitative estimate of drug-likeness (QED) is 0.700. The zero-order chi connectivity index (χ0) is 19.2. The standard InChI is InChI=1S/C17H23N5O4S/c1-12(23)22(7-5-15-19-16(9-25-2)26-20-15)13-4-3-6-21(8-13)17(24)14-10-27-11-18-14/h10-11,13H,3-9H2,1-2H3. The van der Waals surface area contributed by atoms with E-state index in [1.807, 2.05) is 0 Å². The Balaban J connectivity index is 1.61. The molecule has 27 heavy (non-hydrogen) atoms. The zero-order valence-corrected chi connectivity index (χ0v) is 16.3. The van der Waals surface area contributed by atoms with Crippen molar-refractivity contribution in [3.63, 3.8) is 0 Å². The maximum atomic E-state index is 12.6. The predicted octanol–water partition coefficient (Wildman–Crippen LogP) is 1.37. The van der Waals surface area contributed by atoms with Gasteiger partial charge in [0, 0.05) is 51.5 Å². The Morgan fingerprint density at radius 3 is 3.04 bits per heavy atom. The summed E-state index contributed by atoms with van der Waals surface area (Å²) in [7, 11) is 1.56. The van der Waals surface area contributed by atoms with E-state index in [9.17, 15) is 9.59 Å². The highest BCUT2D eigenvalue weighted by Gasteiger charge is 2.30. The van der Waals surface area contributed by atoms with Crippen molar-refractivity contribution in [3.8, 4) is 0 Å². The highest BCUT2D eigenvalue weighted by atomic mass is 32.1. The normalized spacial score (nSPS) is 17.1. The fourth-order valence-corrected chi connectivity index (χ4v) is 3.79. The molecule has 0 N–H and O–H groups in total. The molecule has 0 saturated carbocycles. The second-order valence-electron chi connectivity index (χ2n) is 6.42. The molecule has 3 heterocycles. The van der Waals surface area contributed by atoms with E-state index >= 15 is 0 Å². The van der Waals surface area contributed by atoms with Crippen molar-refractivity contribution < 1.29 is 18.8 Å². The number of nitrogens with zero attached hydrogens (tertiary/aromatic N) is 5. The van der Waals surface area contributed by atoms with Crippen LogP contribution in [0.5, 0.6) is 0 Å². The molecule has 3 rings (SSSR count). The Morgan fingerprint density at radius 2 is 2.33 bits per heavy atom. The number of thiazole rings is 1. The van der Waals surface area contributed by atoms with Gasteiger partial charge in [-0.05, 0) is 12.8 Å². The summed E-state index contributed by atoms with van der Waals surface area (Å²) in [5.41, 5.74) is 2.12. The molecule has 0 radical (unpaired) electrons. The second-order valence-corrected chi connectivity index (χ2v) is 7.14. The fourth-order valence-electron chi connectivity index (χ4n) is 3.27. The number of hydrogen-bond donors (Lipinski definition) is 0. The van der Waals surface area contributed by atoms with E-state index in [1.165, 1.54) is 11.3 Å². The van der Waals surface area contributed by atoms with Crippen molar-refractivity contribution >= 4 is 23.2 Å². The van der Waals surface area contributed by atoms with Crippen molar-refractivity contribution in [1.29, 1.82) is 0 Å². The number of amides is 2. The van der Waals surface area contributed by atoms with Gasteiger partial charge in [-0.1, -0.05) is 5.16 Å². The topological polar surface area (TPSA) is 102 Å². The first-order valence-electron chi connectivity index (χ1n) is 8.83. The Kier molecular flexibility index (Phi) is 6.51. The molecule has 0 aromatic carbocycles. The number of likely N-dealkylation sites (tertiary alicyclic amines) is 1. The number of carbonyl (C=O) groups excluding carboxylic acids is 2. The van der Waals surface area contributed by atoms with Crippen LogP contribution < -0.4 is 0 Å². The number of rotatable bonds is 7. The van der Waals surface area contributed by atoms with E-state index < -0.39 is 0 Å². The number of hydrogen-bond acceptors (Lipinski definition) is 8. The maximum Gasteiger partial charge on any atom is 0.273 e. The van der Waals surface area contributed by atoms with Gasteiger partial charge in [-0.3, -0.25) is 9.59 Å². The molecule has 1 atom stereocenters. The summed E-state index contributed by atoms with van der Waals surface area (Å²) < 4.78 is 10.0. The summed E-state index contributed by atoms with van der Waals surface area (Å²) in [6.07, 6.45) is 2.20. The predicted molar refractivity (Wildman–Crippen MR) is 97.1 cm³/mol. The first-order chi connectivity index (χ1) is 13.1. The molecule has 1 aliphatic heterocycles. The minimum atomic E-state index is -0.0770. The van der Waals surface area contributed by atoms with Gasteiger partial charge >= 0.3 is 0 Å². The van der Waals surface area contributed by atoms with Gasteiger partial charge in [-0.2, -0.15) is 4.98 Å². The number of piperidine rings is 1. The van der Waals surface area contributed by atoms with Crippen LogP contribution in [0.15, 0.2) is 15.4 Å². The van der Waals surface area contributed by atoms with Crippen molar-refractivity contribution in [2.24, 2.45) is 0 Å². The lowest BCUT2D eigenvalue weighted by atomic mass is 10.0. The van der Waals surface area contributed by atoms with Gasteiger partial charge in [0.2, 0.25) is 5.91 Å². The molecule has 2 aromatic rings. The lowest BCUT2D eigenvalue weighted by Gasteiger charge is -2.38. The minimum Gasteiger partial charge on any atom is -0.375 e. The molecule has 2 amide bonds. The Bertz CT molecular complexity index is 763. The molecule has 0 spiro atoms. The van der Waals surface area contributed by atoms with E-state index in [0.717, 1.165) is 12.8 Å². The zero-order valence-electron chi connectivity index (χ0n) is 15.5. The van der Waals surface area contributed by atoms with Gasteiger partial charge < -0.3 is 19.1 Å². The third-order valence-electron chi connectivity index (χ3n) is 4.53. The number of aromatic nitrogens is 3. The van der Waals surface area contributed by atoms with E-state index in [0.29, 0.717) is 43.5 Å². The van der Waals surface area contributed by atoms with Crippen molar-refractivity contribution in [1.82, 2.24) is 24.9 Å². The van der Waals surface area contributed by atoms with Gasteiger partial charge in [0.1, 0.15) is 12.3 Å². The van der Waals surface area contributed by atoms with Gasteiger partial charge in [0.25, 0.3) is 11.8 Å². The summed E-state index contributed by atoms with van der Waals surface area (Å²) in [6, 6.07) is -0.0239. The summed E-state index contributed by atoms with van der Waals surface area (Å²) in [6.45, 7) is 3.49. The average Bonchev–Trinajstić information content (AvgIpc) is 3.34. The first-order valence-corrected chi connectivity index (χ1v) is 9.78. The Hall–Kier alpha value is -2.33. The molecule has 1 saturated heterocycles. The van der Waals surface area contributed by atoms with Crippen LogP contribution >= 0.6 is 11.3 Å². The molecule has 2 aromatic heterocycles. The van der Waals surface area contributed by atoms with Crippen LogP contribution in [-0.2, 0) is 22.6 Å². The third-order valence-corrected chi connectivity index (χ3v) is 5.12. The molecule has 1 aliphatic rings. The van der Waals surface area contributed by atoms with Crippen molar-refractivity contribution in [3.05, 3.63) is 28.3 Å². The summed E-state index contributed by atoms with van der Waals surface area (Å²) in [5.74, 6) is 0.856. The number of methoxy groups -OCH3 is 1. The molecule has 0 aliphatic carbocycles. The number of ether oxygens (including phenoxy) is 1. The summed E-state index contributed by atoms with van der Waals surface area (Å²) in [5, 5.41) is 5.66. The SMILES string of the molecule is COCc1nc(CCN(C(C)=O)C2CCCN(C(=O)c3cscn3)C2)no1. The molecule has 146 valence electrons. The summed E-state index contributed by atoms with van der Waals surface area (Å²) >= 11 is 1.40. The van der Waals surface area contributed by atoms with E-state index in [-0.39, 0.29) is 24.5 Å². The lowest BCUT2D eigenvalue weighted by molar-refractivity contribution is -0.132. The Labute approximate surface area is 161 Å². The van der Waals surface area contributed by atoms with Crippen LogP contribution in [0.25, 0.3) is 0 Å². The second kappa shape index (κ2) is 9.05.